The van der Waals surface area contributed by atoms with Crippen LogP contribution in [0.25, 0.3) is 11.1 Å². The molecule has 0 saturated carbocycles. The van der Waals surface area contributed by atoms with Crippen molar-refractivity contribution in [3.63, 3.8) is 0 Å². The highest BCUT2D eigenvalue weighted by atomic mass is 35.5. The summed E-state index contributed by atoms with van der Waals surface area (Å²) in [6.07, 6.45) is 0. The molecule has 0 aromatic heterocycles. The van der Waals surface area contributed by atoms with Gasteiger partial charge in [-0.2, -0.15) is 0 Å². The monoisotopic (exact) mass is 430 g/mol. The van der Waals surface area contributed by atoms with E-state index in [1.165, 1.54) is 26.0 Å². The Hall–Kier alpha value is -1.76. The number of aliphatic imine (C=N–C) groups is 1. The summed E-state index contributed by atoms with van der Waals surface area (Å²) < 4.78 is 51.0. The zero-order chi connectivity index (χ0) is 20.9. The van der Waals surface area contributed by atoms with E-state index < -0.39 is 22.9 Å². The molecule has 0 saturated heterocycles. The van der Waals surface area contributed by atoms with Crippen LogP contribution in [-0.4, -0.2) is 24.0 Å². The average Bonchev–Trinajstić information content (AvgIpc) is 2.64. The lowest BCUT2D eigenvalue weighted by Gasteiger charge is -2.42. The second-order valence-electron chi connectivity index (χ2n) is 7.40. The van der Waals surface area contributed by atoms with Crippen LogP contribution in [0.1, 0.15) is 26.3 Å². The molecule has 3 nitrogen and oxygen atoms in total. The molecule has 0 radical (unpaired) electrons. The Morgan fingerprint density at radius 1 is 1.00 bits per heavy atom. The van der Waals surface area contributed by atoms with E-state index >= 15 is 8.78 Å². The van der Waals surface area contributed by atoms with Gasteiger partial charge in [-0.05, 0) is 62.2 Å². The van der Waals surface area contributed by atoms with E-state index in [4.69, 9.17) is 33.7 Å². The third kappa shape index (κ3) is 3.38. The summed E-state index contributed by atoms with van der Waals surface area (Å²) in [6, 6.07) is 8.68. The van der Waals surface area contributed by atoms with Crippen LogP contribution in [0.3, 0.4) is 0 Å². The first-order chi connectivity index (χ1) is 12.9. The molecule has 2 N–H and O–H groups in total. The second-order valence-corrected chi connectivity index (χ2v) is 8.27. The van der Waals surface area contributed by atoms with E-state index in [9.17, 15) is 4.39 Å². The van der Waals surface area contributed by atoms with Crippen molar-refractivity contribution >= 4 is 29.0 Å². The Morgan fingerprint density at radius 3 is 2.21 bits per heavy atom. The van der Waals surface area contributed by atoms with Crippen LogP contribution in [0, 0.1) is 5.82 Å². The van der Waals surface area contributed by atoms with Gasteiger partial charge >= 0.3 is 5.92 Å². The molecule has 8 heteroatoms. The number of nitrogens with two attached hydrogens (primary N) is 1. The topological polar surface area (TPSA) is 47.6 Å². The first-order valence-corrected chi connectivity index (χ1v) is 9.25. The Labute approximate surface area is 171 Å². The fourth-order valence-electron chi connectivity index (χ4n) is 3.35. The lowest BCUT2D eigenvalue weighted by atomic mass is 9.77. The van der Waals surface area contributed by atoms with Crippen molar-refractivity contribution in [3.8, 4) is 11.1 Å². The highest BCUT2D eigenvalue weighted by Gasteiger charge is 2.63. The van der Waals surface area contributed by atoms with Gasteiger partial charge < -0.3 is 10.5 Å². The zero-order valence-corrected chi connectivity index (χ0v) is 17.0. The number of hydrogen-bond donors (Lipinski definition) is 1. The minimum Gasteiger partial charge on any atom is -0.385 e. The van der Waals surface area contributed by atoms with Crippen LogP contribution in [0.4, 0.5) is 13.2 Å². The Balaban J connectivity index is 2.25. The van der Waals surface area contributed by atoms with Gasteiger partial charge in [0, 0.05) is 15.6 Å². The van der Waals surface area contributed by atoms with Crippen LogP contribution in [0.15, 0.2) is 41.4 Å². The molecule has 1 aliphatic heterocycles. The van der Waals surface area contributed by atoms with Crippen molar-refractivity contribution in [1.29, 1.82) is 0 Å². The van der Waals surface area contributed by atoms with E-state index in [-0.39, 0.29) is 18.0 Å². The summed E-state index contributed by atoms with van der Waals surface area (Å²) in [7, 11) is 0. The third-order valence-electron chi connectivity index (χ3n) is 5.00. The standard InChI is InChI=1S/C20H19Cl2F3N2O/c1-18(2)20(24,25)19(3,27-17(26)10-28-18)15-8-11(4-5-16(15)23)12-6-13(21)9-14(22)7-12/h4-9H,10H2,1-3H3,(H2,26,27)/t19-/m1/s1. The summed E-state index contributed by atoms with van der Waals surface area (Å²) in [5.74, 6) is -4.52. The lowest BCUT2D eigenvalue weighted by molar-refractivity contribution is -0.214. The average molecular weight is 431 g/mol. The molecule has 0 amide bonds. The Morgan fingerprint density at radius 2 is 1.61 bits per heavy atom. The number of nitrogens with zero attached hydrogens (tertiary/aromatic N) is 1. The maximum Gasteiger partial charge on any atom is 0.304 e. The van der Waals surface area contributed by atoms with E-state index in [0.717, 1.165) is 13.0 Å². The largest absolute Gasteiger partial charge is 0.385 e. The third-order valence-corrected chi connectivity index (χ3v) is 5.44. The highest BCUT2D eigenvalue weighted by Crippen LogP contribution is 2.51. The predicted molar refractivity (Wildman–Crippen MR) is 106 cm³/mol. The number of hydrogen-bond acceptors (Lipinski definition) is 3. The van der Waals surface area contributed by atoms with Gasteiger partial charge in [0.15, 0.2) is 5.54 Å². The number of amidine groups is 1. The molecule has 0 aliphatic carbocycles. The number of rotatable bonds is 2. The fraction of sp³-hybridized carbons (Fsp3) is 0.350. The van der Waals surface area contributed by atoms with Gasteiger partial charge in [0.25, 0.3) is 0 Å². The first kappa shape index (κ1) is 21.0. The maximum absolute atomic E-state index is 15.5. The molecular weight excluding hydrogens is 412 g/mol. The van der Waals surface area contributed by atoms with Crippen LogP contribution in [0.5, 0.6) is 0 Å². The smallest absolute Gasteiger partial charge is 0.304 e. The van der Waals surface area contributed by atoms with Gasteiger partial charge in [-0.15, -0.1) is 0 Å². The summed E-state index contributed by atoms with van der Waals surface area (Å²) in [5, 5.41) is 0.743. The Kier molecular flexibility index (Phi) is 5.19. The fourth-order valence-corrected chi connectivity index (χ4v) is 3.87. The van der Waals surface area contributed by atoms with E-state index in [0.29, 0.717) is 21.2 Å². The van der Waals surface area contributed by atoms with Crippen LogP contribution in [0.2, 0.25) is 10.0 Å². The van der Waals surface area contributed by atoms with E-state index in [1.54, 1.807) is 18.2 Å². The molecule has 1 heterocycles. The van der Waals surface area contributed by atoms with Crippen molar-refractivity contribution in [3.05, 3.63) is 57.8 Å². The minimum atomic E-state index is -3.56. The molecule has 3 rings (SSSR count). The van der Waals surface area contributed by atoms with Gasteiger partial charge in [-0.1, -0.05) is 29.3 Å². The van der Waals surface area contributed by atoms with Gasteiger partial charge in [-0.25, -0.2) is 13.2 Å². The molecule has 0 spiro atoms. The SMILES string of the molecule is CC1(C)OCC(N)=N[C@](C)(c2cc(-c3cc(Cl)cc(Cl)c3)ccc2F)C1(F)F. The quantitative estimate of drug-likeness (QED) is 0.652. The Bertz CT molecular complexity index is 942. The van der Waals surface area contributed by atoms with Crippen molar-refractivity contribution in [1.82, 2.24) is 0 Å². The molecule has 2 aromatic carbocycles. The second kappa shape index (κ2) is 6.94. The predicted octanol–water partition coefficient (Wildman–Crippen LogP) is 5.82. The molecule has 0 bridgehead atoms. The van der Waals surface area contributed by atoms with Crippen LogP contribution in [-0.2, 0) is 10.3 Å². The molecule has 28 heavy (non-hydrogen) atoms. The molecule has 0 fully saturated rings. The van der Waals surface area contributed by atoms with Gasteiger partial charge in [0.1, 0.15) is 23.9 Å². The summed E-state index contributed by atoms with van der Waals surface area (Å²) in [6.45, 7) is 3.35. The molecule has 1 atom stereocenters. The van der Waals surface area contributed by atoms with Crippen molar-refractivity contribution in [2.75, 3.05) is 6.61 Å². The van der Waals surface area contributed by atoms with Crippen LogP contribution >= 0.6 is 23.2 Å². The lowest BCUT2D eigenvalue weighted by Crippen LogP contribution is -2.56. The van der Waals surface area contributed by atoms with Crippen LogP contribution < -0.4 is 5.73 Å². The van der Waals surface area contributed by atoms with Crippen molar-refractivity contribution in [2.45, 2.75) is 37.8 Å². The summed E-state index contributed by atoms with van der Waals surface area (Å²) in [4.78, 5) is 3.98. The first-order valence-electron chi connectivity index (χ1n) is 8.50. The van der Waals surface area contributed by atoms with E-state index in [2.05, 4.69) is 4.99 Å². The van der Waals surface area contributed by atoms with Gasteiger partial charge in [0.05, 0.1) is 0 Å². The summed E-state index contributed by atoms with van der Waals surface area (Å²) >= 11 is 12.1. The van der Waals surface area contributed by atoms with Gasteiger partial charge in [-0.3, -0.25) is 4.99 Å². The van der Waals surface area contributed by atoms with Crippen molar-refractivity contribution < 1.29 is 17.9 Å². The number of benzene rings is 2. The molecule has 150 valence electrons. The minimum absolute atomic E-state index is 0.136. The van der Waals surface area contributed by atoms with E-state index in [1.807, 2.05) is 0 Å². The highest BCUT2D eigenvalue weighted by molar-refractivity contribution is 6.35. The molecule has 1 aliphatic rings. The molecule has 2 aromatic rings. The zero-order valence-electron chi connectivity index (χ0n) is 15.5. The molecule has 0 unspecified atom stereocenters. The molecular formula is C20H19Cl2F3N2O. The van der Waals surface area contributed by atoms with Crippen molar-refractivity contribution in [2.24, 2.45) is 10.7 Å². The number of halogens is 5. The maximum atomic E-state index is 15.5. The number of alkyl halides is 2. The van der Waals surface area contributed by atoms with Gasteiger partial charge in [0.2, 0.25) is 0 Å². The number of ether oxygens (including phenoxy) is 1. The normalized spacial score (nSPS) is 23.8. The summed E-state index contributed by atoms with van der Waals surface area (Å²) in [5.41, 5.74) is 2.29.